The summed E-state index contributed by atoms with van der Waals surface area (Å²) in [6, 6.07) is 31.6. The molecule has 0 aromatic heterocycles. The minimum atomic E-state index is -3.85. The summed E-state index contributed by atoms with van der Waals surface area (Å²) in [5, 5.41) is 0. The molecule has 0 radical (unpaired) electrons. The van der Waals surface area contributed by atoms with Gasteiger partial charge in [0.15, 0.2) is 0 Å². The monoisotopic (exact) mass is 662 g/mol. The molecule has 2 unspecified atom stereocenters. The minimum absolute atomic E-state index is 0.485. The first kappa shape index (κ1) is 25.4. The first-order valence-corrected chi connectivity index (χ1v) is 27.1. The van der Waals surface area contributed by atoms with Crippen LogP contribution in [0.15, 0.2) is 97.1 Å². The molecule has 0 saturated carbocycles. The van der Waals surface area contributed by atoms with E-state index in [1.807, 2.05) is 0 Å². The molecule has 0 saturated heterocycles. The summed E-state index contributed by atoms with van der Waals surface area (Å²) in [5.41, 5.74) is 14.0. The molecule has 4 aromatic rings. The third-order valence-electron chi connectivity index (χ3n) is 10.2. The third-order valence-corrected chi connectivity index (χ3v) is 38.9. The zero-order valence-electron chi connectivity index (χ0n) is 23.5. The van der Waals surface area contributed by atoms with Crippen molar-refractivity contribution in [2.45, 2.75) is 44.4 Å². The van der Waals surface area contributed by atoms with Crippen molar-refractivity contribution in [1.29, 1.82) is 0 Å². The third kappa shape index (κ3) is 3.62. The van der Waals surface area contributed by atoms with Crippen LogP contribution in [0, 0.1) is 13.8 Å². The van der Waals surface area contributed by atoms with E-state index in [0.717, 1.165) is 0 Å². The molecular formula is C37H38Hf. The van der Waals surface area contributed by atoms with Gasteiger partial charge in [0, 0.05) is 0 Å². The molecule has 2 aliphatic rings. The van der Waals surface area contributed by atoms with E-state index in [0.29, 0.717) is 7.35 Å². The van der Waals surface area contributed by atoms with Gasteiger partial charge in [-0.2, -0.15) is 0 Å². The Kier molecular flexibility index (Phi) is 6.07. The molecule has 2 atom stereocenters. The number of fused-ring (bicyclic) bond motifs is 2. The summed E-state index contributed by atoms with van der Waals surface area (Å²) >= 11 is -3.85. The number of hydrogen-bond donors (Lipinski definition) is 0. The predicted molar refractivity (Wildman–Crippen MR) is 165 cm³/mol. The van der Waals surface area contributed by atoms with Crippen molar-refractivity contribution < 1.29 is 18.0 Å². The predicted octanol–water partition coefficient (Wildman–Crippen LogP) is 10.5. The second-order valence-electron chi connectivity index (χ2n) is 12.5. The Balaban J connectivity index is 1.53. The van der Waals surface area contributed by atoms with Crippen LogP contribution in [-0.2, 0) is 18.0 Å². The topological polar surface area (TPSA) is 0 Å². The fraction of sp³-hybridized carbons (Fsp3) is 0.216. The molecule has 0 bridgehead atoms. The first-order chi connectivity index (χ1) is 18.2. The van der Waals surface area contributed by atoms with Gasteiger partial charge in [0.25, 0.3) is 0 Å². The number of allylic oxidation sites excluding steroid dienone is 2. The van der Waals surface area contributed by atoms with Crippen LogP contribution in [0.4, 0.5) is 0 Å². The zero-order valence-corrected chi connectivity index (χ0v) is 27.1. The van der Waals surface area contributed by atoms with Gasteiger partial charge in [-0.3, -0.25) is 0 Å². The summed E-state index contributed by atoms with van der Waals surface area (Å²) in [5.74, 6) is 0. The standard InChI is InChI=1S/2C16H13.C3H6.2CH3.Hf/c2*1-12-6-2-3-9-14(12)16-11-5-8-13-7-4-10-15(13)16;1-3-2;;;/h2*2-11H,1H3;1-2H3;2*1H3;. The van der Waals surface area contributed by atoms with Gasteiger partial charge < -0.3 is 0 Å². The molecule has 6 rings (SSSR count). The van der Waals surface area contributed by atoms with E-state index in [1.165, 1.54) is 55.6 Å². The molecule has 0 nitrogen and oxygen atoms in total. The maximum absolute atomic E-state index is 3.85. The summed E-state index contributed by atoms with van der Waals surface area (Å²) < 4.78 is 8.09. The van der Waals surface area contributed by atoms with Crippen LogP contribution in [0.2, 0.25) is 9.36 Å². The SMILES string of the molecule is C[C](C)=[Hf]([CH3])([CH3])([CH]1C=Cc2c(-c3ccccc3C)cccc21)[CH]1C=Cc2c(-c3ccccc3C)cccc21. The molecule has 0 N–H and O–H groups in total. The molecule has 38 heavy (non-hydrogen) atoms. The number of rotatable bonds is 4. The molecule has 4 aromatic carbocycles. The van der Waals surface area contributed by atoms with Gasteiger partial charge in [0.05, 0.1) is 0 Å². The van der Waals surface area contributed by atoms with Crippen molar-refractivity contribution in [2.75, 3.05) is 0 Å². The maximum atomic E-state index is 2.72. The van der Waals surface area contributed by atoms with Gasteiger partial charge >= 0.3 is 231 Å². The van der Waals surface area contributed by atoms with Gasteiger partial charge in [0.2, 0.25) is 0 Å². The molecular weight excluding hydrogens is 623 g/mol. The molecule has 0 heterocycles. The van der Waals surface area contributed by atoms with E-state index in [-0.39, 0.29) is 0 Å². The van der Waals surface area contributed by atoms with Gasteiger partial charge in [-0.15, -0.1) is 0 Å². The van der Waals surface area contributed by atoms with Crippen LogP contribution in [0.3, 0.4) is 0 Å². The van der Waals surface area contributed by atoms with E-state index in [1.54, 1.807) is 3.26 Å². The van der Waals surface area contributed by atoms with Crippen LogP contribution in [0.25, 0.3) is 34.4 Å². The van der Waals surface area contributed by atoms with Crippen molar-refractivity contribution >= 4 is 15.4 Å². The fourth-order valence-electron chi connectivity index (χ4n) is 7.26. The molecule has 1 heteroatoms. The van der Waals surface area contributed by atoms with Gasteiger partial charge in [0.1, 0.15) is 0 Å². The Hall–Kier alpha value is -2.90. The molecule has 0 spiro atoms. The molecule has 0 amide bonds. The normalized spacial score (nSPS) is 18.0. The van der Waals surface area contributed by atoms with Crippen LogP contribution in [0.5, 0.6) is 0 Å². The number of benzene rings is 4. The van der Waals surface area contributed by atoms with Crippen molar-refractivity contribution in [3.05, 3.63) is 130 Å². The van der Waals surface area contributed by atoms with Crippen LogP contribution in [-0.4, -0.2) is 3.26 Å². The second kappa shape index (κ2) is 9.09. The van der Waals surface area contributed by atoms with E-state index < -0.39 is 18.0 Å². The van der Waals surface area contributed by atoms with Gasteiger partial charge in [-0.05, 0) is 0 Å². The van der Waals surface area contributed by atoms with Gasteiger partial charge in [-0.25, -0.2) is 0 Å². The summed E-state index contributed by atoms with van der Waals surface area (Å²) in [6.07, 6.45) is 10.0. The van der Waals surface area contributed by atoms with Crippen LogP contribution in [0.1, 0.15) is 54.6 Å². The van der Waals surface area contributed by atoms with E-state index in [4.69, 9.17) is 0 Å². The molecule has 0 fully saturated rings. The van der Waals surface area contributed by atoms with Crippen molar-refractivity contribution in [3.8, 4) is 22.3 Å². The summed E-state index contributed by atoms with van der Waals surface area (Å²) in [7, 11) is 0. The Morgan fingerprint density at radius 2 is 0.921 bits per heavy atom. The number of aryl methyl sites for hydroxylation is 2. The Morgan fingerprint density at radius 1 is 0.526 bits per heavy atom. The summed E-state index contributed by atoms with van der Waals surface area (Å²) in [4.78, 5) is 0. The fourth-order valence-corrected chi connectivity index (χ4v) is 26.7. The second-order valence-corrected chi connectivity index (χ2v) is 39.3. The van der Waals surface area contributed by atoms with E-state index >= 15 is 0 Å². The Bertz CT molecular complexity index is 1600. The van der Waals surface area contributed by atoms with E-state index in [2.05, 4.69) is 146 Å². The van der Waals surface area contributed by atoms with Crippen molar-refractivity contribution in [3.63, 3.8) is 0 Å². The van der Waals surface area contributed by atoms with Crippen LogP contribution >= 0.6 is 0 Å². The Morgan fingerprint density at radius 3 is 1.32 bits per heavy atom. The first-order valence-electron chi connectivity index (χ1n) is 14.0. The quantitative estimate of drug-likeness (QED) is 0.191. The molecule has 190 valence electrons. The molecule has 0 aliphatic heterocycles. The van der Waals surface area contributed by atoms with Crippen molar-refractivity contribution in [2.24, 2.45) is 0 Å². The molecule has 2 aliphatic carbocycles. The zero-order chi connectivity index (χ0) is 26.7. The van der Waals surface area contributed by atoms with Gasteiger partial charge in [-0.1, -0.05) is 0 Å². The van der Waals surface area contributed by atoms with E-state index in [9.17, 15) is 0 Å². The Labute approximate surface area is 229 Å². The van der Waals surface area contributed by atoms with Crippen molar-refractivity contribution in [1.82, 2.24) is 0 Å². The van der Waals surface area contributed by atoms with Crippen LogP contribution < -0.4 is 0 Å². The average Bonchev–Trinajstić information content (AvgIpc) is 3.55. The summed E-state index contributed by atoms with van der Waals surface area (Å²) in [6.45, 7) is 9.33. The number of hydrogen-bond acceptors (Lipinski definition) is 0. The average molecular weight is 661 g/mol.